The van der Waals surface area contributed by atoms with E-state index in [-0.39, 0.29) is 11.2 Å². The molecule has 1 aliphatic rings. The summed E-state index contributed by atoms with van der Waals surface area (Å²) >= 11 is 0.730. The number of anilines is 1. The van der Waals surface area contributed by atoms with Crippen molar-refractivity contribution in [3.05, 3.63) is 5.82 Å². The van der Waals surface area contributed by atoms with Crippen LogP contribution < -0.4 is 11.1 Å². The fraction of sp³-hybridized carbons (Fsp3) is 0.750. The van der Waals surface area contributed by atoms with Crippen LogP contribution in [0.3, 0.4) is 0 Å². The van der Waals surface area contributed by atoms with E-state index in [0.29, 0.717) is 12.5 Å². The van der Waals surface area contributed by atoms with Crippen molar-refractivity contribution < 1.29 is 13.2 Å². The molecule has 0 atom stereocenters. The Morgan fingerprint density at radius 3 is 2.62 bits per heavy atom. The minimum atomic E-state index is -4.46. The molecule has 90 valence electrons. The monoisotopic (exact) mass is 252 g/mol. The topological polar surface area (TPSA) is 63.8 Å². The van der Waals surface area contributed by atoms with Gasteiger partial charge in [-0.25, -0.2) is 0 Å². The number of rotatable bonds is 3. The summed E-state index contributed by atoms with van der Waals surface area (Å²) in [5, 5.41) is 3.06. The first kappa shape index (κ1) is 11.6. The number of alkyl halides is 3. The van der Waals surface area contributed by atoms with E-state index in [0.717, 1.165) is 24.4 Å². The molecule has 4 nitrogen and oxygen atoms in total. The highest BCUT2D eigenvalue weighted by Crippen LogP contribution is 2.30. The van der Waals surface area contributed by atoms with Crippen LogP contribution in [0.25, 0.3) is 0 Å². The van der Waals surface area contributed by atoms with Crippen molar-refractivity contribution in [3.8, 4) is 0 Å². The van der Waals surface area contributed by atoms with Gasteiger partial charge >= 0.3 is 6.18 Å². The van der Waals surface area contributed by atoms with Crippen LogP contribution in [-0.2, 0) is 6.18 Å². The van der Waals surface area contributed by atoms with Crippen LogP contribution in [0.2, 0.25) is 0 Å². The Bertz CT molecular complexity index is 358. The van der Waals surface area contributed by atoms with Crippen LogP contribution in [0.1, 0.15) is 18.7 Å². The normalized spacial score (nSPS) is 25.2. The van der Waals surface area contributed by atoms with Crippen LogP contribution >= 0.6 is 11.5 Å². The Hall–Kier alpha value is -0.890. The average Bonchev–Trinajstić information content (AvgIpc) is 2.58. The maximum absolute atomic E-state index is 12.2. The van der Waals surface area contributed by atoms with Crippen molar-refractivity contribution in [3.63, 3.8) is 0 Å². The van der Waals surface area contributed by atoms with E-state index in [1.807, 2.05) is 0 Å². The first-order valence-electron chi connectivity index (χ1n) is 4.85. The summed E-state index contributed by atoms with van der Waals surface area (Å²) in [6.45, 7) is 0.611. The van der Waals surface area contributed by atoms with Gasteiger partial charge in [-0.15, -0.1) is 0 Å². The maximum atomic E-state index is 12.2. The van der Waals surface area contributed by atoms with E-state index in [2.05, 4.69) is 14.7 Å². The van der Waals surface area contributed by atoms with E-state index >= 15 is 0 Å². The highest BCUT2D eigenvalue weighted by molar-refractivity contribution is 7.09. The number of nitrogens with zero attached hydrogens (tertiary/aromatic N) is 2. The van der Waals surface area contributed by atoms with Gasteiger partial charge in [0.25, 0.3) is 0 Å². The molecule has 1 heterocycles. The molecule has 2 rings (SSSR count). The third kappa shape index (κ3) is 2.62. The number of aromatic nitrogens is 2. The van der Waals surface area contributed by atoms with Crippen molar-refractivity contribution >= 4 is 16.7 Å². The van der Waals surface area contributed by atoms with Gasteiger partial charge in [-0.2, -0.15) is 22.5 Å². The molecule has 1 fully saturated rings. The molecule has 1 aromatic rings. The Morgan fingerprint density at radius 2 is 2.12 bits per heavy atom. The average molecular weight is 252 g/mol. The number of nitrogens with two attached hydrogens (primary N) is 1. The molecule has 0 unspecified atom stereocenters. The Labute approximate surface area is 94.2 Å². The second-order valence-electron chi connectivity index (χ2n) is 3.90. The third-order valence-electron chi connectivity index (χ3n) is 2.49. The van der Waals surface area contributed by atoms with Gasteiger partial charge in [-0.3, -0.25) is 0 Å². The molecule has 0 aromatic carbocycles. The molecule has 0 spiro atoms. The number of hydrogen-bond donors (Lipinski definition) is 2. The molecule has 0 aliphatic heterocycles. The summed E-state index contributed by atoms with van der Waals surface area (Å²) in [5.41, 5.74) is 5.60. The zero-order valence-electron chi connectivity index (χ0n) is 8.29. The van der Waals surface area contributed by atoms with Gasteiger partial charge in [-0.1, -0.05) is 0 Å². The quantitative estimate of drug-likeness (QED) is 0.859. The highest BCUT2D eigenvalue weighted by Gasteiger charge is 2.36. The summed E-state index contributed by atoms with van der Waals surface area (Å²) < 4.78 is 39.7. The number of nitrogens with one attached hydrogen (secondary N) is 1. The smallest absolute Gasteiger partial charge is 0.360 e. The molecule has 0 radical (unpaired) electrons. The van der Waals surface area contributed by atoms with Crippen molar-refractivity contribution in [2.45, 2.75) is 25.1 Å². The van der Waals surface area contributed by atoms with Crippen LogP contribution in [0.15, 0.2) is 0 Å². The zero-order valence-corrected chi connectivity index (χ0v) is 9.11. The lowest BCUT2D eigenvalue weighted by molar-refractivity contribution is -0.144. The Balaban J connectivity index is 1.84. The van der Waals surface area contributed by atoms with Gasteiger partial charge in [0.15, 0.2) is 0 Å². The predicted molar refractivity (Wildman–Crippen MR) is 54.1 cm³/mol. The van der Waals surface area contributed by atoms with E-state index in [9.17, 15) is 13.2 Å². The molecule has 1 aromatic heterocycles. The van der Waals surface area contributed by atoms with Crippen LogP contribution in [0.4, 0.5) is 18.3 Å². The lowest BCUT2D eigenvalue weighted by Crippen LogP contribution is -2.39. The largest absolute Gasteiger partial charge is 0.452 e. The molecule has 1 saturated carbocycles. The summed E-state index contributed by atoms with van der Waals surface area (Å²) in [5.74, 6) is -0.640. The van der Waals surface area contributed by atoms with Crippen LogP contribution in [0, 0.1) is 5.92 Å². The summed E-state index contributed by atoms with van der Waals surface area (Å²) in [7, 11) is 0. The second-order valence-corrected chi connectivity index (χ2v) is 4.65. The molecule has 1 aliphatic carbocycles. The van der Waals surface area contributed by atoms with Crippen LogP contribution in [-0.4, -0.2) is 21.9 Å². The Morgan fingerprint density at radius 1 is 1.44 bits per heavy atom. The predicted octanol–water partition coefficient (Wildman–Crippen LogP) is 1.71. The van der Waals surface area contributed by atoms with Crippen molar-refractivity contribution in [1.29, 1.82) is 0 Å². The molecular formula is C8H11F3N4S. The lowest BCUT2D eigenvalue weighted by Gasteiger charge is -2.32. The van der Waals surface area contributed by atoms with Gasteiger partial charge in [0.1, 0.15) is 0 Å². The zero-order chi connectivity index (χ0) is 11.8. The standard InChI is InChI=1S/C8H11F3N4S/c9-8(10,11)6-14-7(16-15-6)13-3-4-1-5(12)2-4/h4-5H,1-3,12H2,(H,13,14,15). The van der Waals surface area contributed by atoms with E-state index in [1.54, 1.807) is 0 Å². The van der Waals surface area contributed by atoms with Gasteiger partial charge in [-0.05, 0) is 18.8 Å². The summed E-state index contributed by atoms with van der Waals surface area (Å²) in [4.78, 5) is 3.37. The SMILES string of the molecule is NC1CC(CNc2nc(C(F)(F)F)ns2)C1. The number of hydrogen-bond acceptors (Lipinski definition) is 5. The van der Waals surface area contributed by atoms with Gasteiger partial charge in [0, 0.05) is 24.1 Å². The van der Waals surface area contributed by atoms with E-state index in [1.165, 1.54) is 0 Å². The van der Waals surface area contributed by atoms with Crippen molar-refractivity contribution in [2.24, 2.45) is 11.7 Å². The van der Waals surface area contributed by atoms with E-state index < -0.39 is 12.0 Å². The van der Waals surface area contributed by atoms with Gasteiger partial charge < -0.3 is 11.1 Å². The van der Waals surface area contributed by atoms with Crippen molar-refractivity contribution in [2.75, 3.05) is 11.9 Å². The van der Waals surface area contributed by atoms with Gasteiger partial charge in [0.05, 0.1) is 0 Å². The molecule has 0 amide bonds. The fourth-order valence-electron chi connectivity index (χ4n) is 1.60. The van der Waals surface area contributed by atoms with E-state index in [4.69, 9.17) is 5.73 Å². The fourth-order valence-corrected chi connectivity index (χ4v) is 2.19. The minimum Gasteiger partial charge on any atom is -0.360 e. The third-order valence-corrected chi connectivity index (χ3v) is 3.17. The maximum Gasteiger partial charge on any atom is 0.452 e. The Kier molecular flexibility index (Phi) is 3.02. The molecule has 16 heavy (non-hydrogen) atoms. The van der Waals surface area contributed by atoms with Crippen LogP contribution in [0.5, 0.6) is 0 Å². The first-order chi connectivity index (χ1) is 7.45. The number of halogens is 3. The molecule has 3 N–H and O–H groups in total. The highest BCUT2D eigenvalue weighted by atomic mass is 32.1. The summed E-state index contributed by atoms with van der Waals surface area (Å²) in [6, 6.07) is 0.243. The lowest BCUT2D eigenvalue weighted by atomic mass is 9.81. The minimum absolute atomic E-state index is 0.216. The first-order valence-corrected chi connectivity index (χ1v) is 5.63. The van der Waals surface area contributed by atoms with Gasteiger partial charge in [0.2, 0.25) is 11.0 Å². The molecular weight excluding hydrogens is 241 g/mol. The molecule has 0 bridgehead atoms. The second kappa shape index (κ2) is 4.17. The molecule has 0 saturated heterocycles. The summed E-state index contributed by atoms with van der Waals surface area (Å²) in [6.07, 6.45) is -2.63. The van der Waals surface area contributed by atoms with Crippen molar-refractivity contribution in [1.82, 2.24) is 9.36 Å². The molecule has 8 heteroatoms.